The molecule has 0 spiro atoms. The fraction of sp³-hybridized carbons (Fsp3) is 0.571. The third-order valence-corrected chi connectivity index (χ3v) is 2.78. The predicted molar refractivity (Wildman–Crippen MR) is 66.7 cm³/mol. The Balaban J connectivity index is 2.56. The van der Waals surface area contributed by atoms with Crippen LogP contribution in [-0.2, 0) is 4.74 Å². The number of rotatable bonds is 7. The van der Waals surface area contributed by atoms with Crippen molar-refractivity contribution in [3.05, 3.63) is 35.9 Å². The molecule has 0 fully saturated rings. The lowest BCUT2D eigenvalue weighted by Gasteiger charge is -2.23. The SMILES string of the molecule is CCOC(c1ccccc1)C(O)CCCC(F)(F)F. The lowest BCUT2D eigenvalue weighted by atomic mass is 10.00. The van der Waals surface area contributed by atoms with Gasteiger partial charge in [0.1, 0.15) is 6.10 Å². The lowest BCUT2D eigenvalue weighted by molar-refractivity contribution is -0.137. The van der Waals surface area contributed by atoms with E-state index < -0.39 is 24.8 Å². The van der Waals surface area contributed by atoms with Crippen LogP contribution >= 0.6 is 0 Å². The van der Waals surface area contributed by atoms with Crippen molar-refractivity contribution in [2.75, 3.05) is 6.61 Å². The van der Waals surface area contributed by atoms with Crippen LogP contribution < -0.4 is 0 Å². The number of aliphatic hydroxyl groups is 1. The van der Waals surface area contributed by atoms with Crippen molar-refractivity contribution in [2.24, 2.45) is 0 Å². The highest BCUT2D eigenvalue weighted by molar-refractivity contribution is 5.18. The second-order valence-electron chi connectivity index (χ2n) is 4.36. The maximum Gasteiger partial charge on any atom is 0.389 e. The van der Waals surface area contributed by atoms with Crippen LogP contribution in [0, 0.1) is 0 Å². The molecule has 0 heterocycles. The first-order valence-electron chi connectivity index (χ1n) is 6.35. The van der Waals surface area contributed by atoms with Gasteiger partial charge in [-0.1, -0.05) is 30.3 Å². The molecule has 1 rings (SSSR count). The summed E-state index contributed by atoms with van der Waals surface area (Å²) in [5.74, 6) is 0. The van der Waals surface area contributed by atoms with Crippen molar-refractivity contribution in [1.29, 1.82) is 0 Å². The van der Waals surface area contributed by atoms with Crippen LogP contribution in [0.25, 0.3) is 0 Å². The van der Waals surface area contributed by atoms with E-state index in [1.807, 2.05) is 18.2 Å². The fourth-order valence-electron chi connectivity index (χ4n) is 1.91. The molecular formula is C14H19F3O2. The van der Waals surface area contributed by atoms with Gasteiger partial charge in [-0.05, 0) is 25.3 Å². The Morgan fingerprint density at radius 2 is 1.84 bits per heavy atom. The molecule has 0 saturated heterocycles. The summed E-state index contributed by atoms with van der Waals surface area (Å²) < 4.78 is 41.6. The Morgan fingerprint density at radius 1 is 1.21 bits per heavy atom. The molecule has 0 aliphatic rings. The van der Waals surface area contributed by atoms with Gasteiger partial charge in [0.05, 0.1) is 6.10 Å². The summed E-state index contributed by atoms with van der Waals surface area (Å²) in [5.41, 5.74) is 0.781. The molecule has 0 aliphatic heterocycles. The number of aliphatic hydroxyl groups excluding tert-OH is 1. The molecule has 108 valence electrons. The highest BCUT2D eigenvalue weighted by Gasteiger charge is 2.28. The number of hydrogen-bond donors (Lipinski definition) is 1. The Morgan fingerprint density at radius 3 is 2.37 bits per heavy atom. The molecule has 1 aromatic carbocycles. The van der Waals surface area contributed by atoms with Gasteiger partial charge in [-0.2, -0.15) is 13.2 Å². The largest absolute Gasteiger partial charge is 0.390 e. The number of hydrogen-bond acceptors (Lipinski definition) is 2. The number of halogens is 3. The molecule has 0 aliphatic carbocycles. The van der Waals surface area contributed by atoms with Crippen molar-refractivity contribution < 1.29 is 23.0 Å². The van der Waals surface area contributed by atoms with Gasteiger partial charge in [-0.15, -0.1) is 0 Å². The van der Waals surface area contributed by atoms with Gasteiger partial charge in [-0.3, -0.25) is 0 Å². The fourth-order valence-corrected chi connectivity index (χ4v) is 1.91. The van der Waals surface area contributed by atoms with Gasteiger partial charge in [0.15, 0.2) is 0 Å². The summed E-state index contributed by atoms with van der Waals surface area (Å²) in [7, 11) is 0. The zero-order valence-electron chi connectivity index (χ0n) is 10.9. The first kappa shape index (κ1) is 16.0. The average molecular weight is 276 g/mol. The van der Waals surface area contributed by atoms with Crippen LogP contribution in [0.1, 0.15) is 37.9 Å². The minimum absolute atomic E-state index is 0.0685. The van der Waals surface area contributed by atoms with Crippen LogP contribution in [-0.4, -0.2) is 24.0 Å². The Bertz CT molecular complexity index is 351. The number of ether oxygens (including phenoxy) is 1. The molecule has 2 unspecified atom stereocenters. The summed E-state index contributed by atoms with van der Waals surface area (Å²) in [4.78, 5) is 0. The van der Waals surface area contributed by atoms with Crippen LogP contribution in [0.2, 0.25) is 0 Å². The summed E-state index contributed by atoms with van der Waals surface area (Å²) in [6.07, 6.45) is -6.57. The van der Waals surface area contributed by atoms with Crippen molar-refractivity contribution in [2.45, 2.75) is 44.6 Å². The maximum atomic E-state index is 12.1. The molecule has 0 amide bonds. The van der Waals surface area contributed by atoms with Crippen LogP contribution in [0.15, 0.2) is 30.3 Å². The standard InChI is InChI=1S/C14H19F3O2/c1-2-19-13(11-7-4-3-5-8-11)12(18)9-6-10-14(15,16)17/h3-5,7-8,12-13,18H,2,6,9-10H2,1H3. The summed E-state index contributed by atoms with van der Waals surface area (Å²) in [6, 6.07) is 9.05. The van der Waals surface area contributed by atoms with Gasteiger partial charge in [0, 0.05) is 13.0 Å². The summed E-state index contributed by atoms with van der Waals surface area (Å²) >= 11 is 0. The second kappa shape index (κ2) is 7.50. The monoisotopic (exact) mass is 276 g/mol. The average Bonchev–Trinajstić information content (AvgIpc) is 2.35. The minimum atomic E-state index is -4.17. The molecular weight excluding hydrogens is 257 g/mol. The van der Waals surface area contributed by atoms with Crippen LogP contribution in [0.3, 0.4) is 0 Å². The molecule has 0 radical (unpaired) electrons. The third-order valence-electron chi connectivity index (χ3n) is 2.78. The normalized spacial score (nSPS) is 15.2. The Labute approximate surface area is 111 Å². The zero-order chi connectivity index (χ0) is 14.3. The zero-order valence-corrected chi connectivity index (χ0v) is 10.9. The topological polar surface area (TPSA) is 29.5 Å². The Hall–Kier alpha value is -1.07. The second-order valence-corrected chi connectivity index (χ2v) is 4.36. The van der Waals surface area contributed by atoms with E-state index in [4.69, 9.17) is 4.74 Å². The van der Waals surface area contributed by atoms with Gasteiger partial charge >= 0.3 is 6.18 Å². The highest BCUT2D eigenvalue weighted by Crippen LogP contribution is 2.27. The number of alkyl halides is 3. The Kier molecular flexibility index (Phi) is 6.31. The molecule has 2 nitrogen and oxygen atoms in total. The van der Waals surface area contributed by atoms with Gasteiger partial charge in [-0.25, -0.2) is 0 Å². The van der Waals surface area contributed by atoms with Crippen molar-refractivity contribution in [1.82, 2.24) is 0 Å². The molecule has 0 saturated carbocycles. The van der Waals surface area contributed by atoms with Gasteiger partial charge in [0.25, 0.3) is 0 Å². The first-order valence-corrected chi connectivity index (χ1v) is 6.35. The molecule has 5 heteroatoms. The van der Waals surface area contributed by atoms with E-state index in [-0.39, 0.29) is 12.8 Å². The van der Waals surface area contributed by atoms with E-state index in [2.05, 4.69) is 0 Å². The van der Waals surface area contributed by atoms with Gasteiger partial charge in [0.2, 0.25) is 0 Å². The maximum absolute atomic E-state index is 12.1. The summed E-state index contributed by atoms with van der Waals surface area (Å²) in [6.45, 7) is 2.19. The van der Waals surface area contributed by atoms with E-state index in [1.165, 1.54) is 0 Å². The van der Waals surface area contributed by atoms with Crippen LogP contribution in [0.4, 0.5) is 13.2 Å². The first-order chi connectivity index (χ1) is 8.94. The van der Waals surface area contributed by atoms with Crippen molar-refractivity contribution >= 4 is 0 Å². The lowest BCUT2D eigenvalue weighted by Crippen LogP contribution is -2.22. The molecule has 0 bridgehead atoms. The quantitative estimate of drug-likeness (QED) is 0.819. The minimum Gasteiger partial charge on any atom is -0.390 e. The van der Waals surface area contributed by atoms with Crippen molar-refractivity contribution in [3.8, 4) is 0 Å². The highest BCUT2D eigenvalue weighted by atomic mass is 19.4. The van der Waals surface area contributed by atoms with E-state index >= 15 is 0 Å². The number of benzene rings is 1. The smallest absolute Gasteiger partial charge is 0.389 e. The molecule has 1 aromatic rings. The van der Waals surface area contributed by atoms with E-state index in [0.717, 1.165) is 5.56 Å². The van der Waals surface area contributed by atoms with Crippen LogP contribution in [0.5, 0.6) is 0 Å². The van der Waals surface area contributed by atoms with Gasteiger partial charge < -0.3 is 9.84 Å². The predicted octanol–water partition coefficient (Wildman–Crippen LogP) is 3.86. The van der Waals surface area contributed by atoms with E-state index in [9.17, 15) is 18.3 Å². The third kappa shape index (κ3) is 6.07. The molecule has 0 aromatic heterocycles. The van der Waals surface area contributed by atoms with E-state index in [0.29, 0.717) is 6.61 Å². The molecule has 2 atom stereocenters. The van der Waals surface area contributed by atoms with Crippen molar-refractivity contribution in [3.63, 3.8) is 0 Å². The molecule has 19 heavy (non-hydrogen) atoms. The summed E-state index contributed by atoms with van der Waals surface area (Å²) in [5, 5.41) is 10.00. The molecule has 1 N–H and O–H groups in total. The van der Waals surface area contributed by atoms with E-state index in [1.54, 1.807) is 19.1 Å².